The largest absolute Gasteiger partial charge is 0.493 e. The van der Waals surface area contributed by atoms with Crippen molar-refractivity contribution in [2.75, 3.05) is 20.8 Å². The number of nitrogens with one attached hydrogen (secondary N) is 2. The van der Waals surface area contributed by atoms with Crippen LogP contribution in [-0.2, 0) is 16.0 Å². The van der Waals surface area contributed by atoms with Gasteiger partial charge in [0.1, 0.15) is 6.42 Å². The second-order valence-corrected chi connectivity index (χ2v) is 5.19. The van der Waals surface area contributed by atoms with Crippen molar-refractivity contribution < 1.29 is 19.1 Å². The highest BCUT2D eigenvalue weighted by atomic mass is 16.5. The maximum atomic E-state index is 11.6. The molecule has 6 heteroatoms. The first-order valence-electron chi connectivity index (χ1n) is 7.23. The molecule has 6 nitrogen and oxygen atoms in total. The average Bonchev–Trinajstić information content (AvgIpc) is 2.45. The van der Waals surface area contributed by atoms with Crippen molar-refractivity contribution in [1.82, 2.24) is 10.6 Å². The van der Waals surface area contributed by atoms with Crippen molar-refractivity contribution in [3.63, 3.8) is 0 Å². The van der Waals surface area contributed by atoms with Gasteiger partial charge in [0.05, 0.1) is 14.2 Å². The Hall–Kier alpha value is -2.24. The predicted octanol–water partition coefficient (Wildman–Crippen LogP) is 1.28. The fraction of sp³-hybridized carbons (Fsp3) is 0.500. The SMILES string of the molecule is COc1ccc(CCNC(=O)CC(=O)NC(C)C)cc1OC. The minimum atomic E-state index is -0.279. The molecule has 0 fully saturated rings. The van der Waals surface area contributed by atoms with E-state index in [1.807, 2.05) is 32.0 Å². The van der Waals surface area contributed by atoms with Crippen LogP contribution in [0.2, 0.25) is 0 Å². The van der Waals surface area contributed by atoms with Crippen LogP contribution >= 0.6 is 0 Å². The Morgan fingerprint density at radius 1 is 1.09 bits per heavy atom. The van der Waals surface area contributed by atoms with Gasteiger partial charge in [-0.05, 0) is 38.0 Å². The van der Waals surface area contributed by atoms with Crippen molar-refractivity contribution in [3.05, 3.63) is 23.8 Å². The molecule has 22 heavy (non-hydrogen) atoms. The second kappa shape index (κ2) is 8.92. The molecule has 0 heterocycles. The van der Waals surface area contributed by atoms with E-state index in [2.05, 4.69) is 10.6 Å². The molecule has 0 atom stereocenters. The number of carbonyl (C=O) groups is 2. The highest BCUT2D eigenvalue weighted by Crippen LogP contribution is 2.27. The Labute approximate surface area is 131 Å². The predicted molar refractivity (Wildman–Crippen MR) is 84.2 cm³/mol. The van der Waals surface area contributed by atoms with Crippen LogP contribution in [-0.4, -0.2) is 38.6 Å². The summed E-state index contributed by atoms with van der Waals surface area (Å²) in [6.07, 6.45) is 0.502. The molecule has 1 rings (SSSR count). The van der Waals surface area contributed by atoms with Crippen molar-refractivity contribution in [2.24, 2.45) is 0 Å². The van der Waals surface area contributed by atoms with E-state index in [1.54, 1.807) is 14.2 Å². The normalized spacial score (nSPS) is 10.2. The average molecular weight is 308 g/mol. The van der Waals surface area contributed by atoms with Gasteiger partial charge in [0.25, 0.3) is 0 Å². The zero-order valence-electron chi connectivity index (χ0n) is 13.6. The molecule has 1 aromatic carbocycles. The molecule has 122 valence electrons. The Balaban J connectivity index is 2.41. The lowest BCUT2D eigenvalue weighted by atomic mass is 10.1. The third-order valence-electron chi connectivity index (χ3n) is 2.95. The van der Waals surface area contributed by atoms with Gasteiger partial charge in [0.15, 0.2) is 11.5 Å². The van der Waals surface area contributed by atoms with E-state index >= 15 is 0 Å². The maximum absolute atomic E-state index is 11.6. The van der Waals surface area contributed by atoms with Crippen molar-refractivity contribution >= 4 is 11.8 Å². The van der Waals surface area contributed by atoms with E-state index in [-0.39, 0.29) is 24.3 Å². The first-order chi connectivity index (χ1) is 10.5. The molecule has 2 N–H and O–H groups in total. The van der Waals surface area contributed by atoms with Gasteiger partial charge in [-0.2, -0.15) is 0 Å². The molecule has 0 aliphatic rings. The van der Waals surface area contributed by atoms with E-state index in [0.29, 0.717) is 24.5 Å². The smallest absolute Gasteiger partial charge is 0.229 e. The molecule has 0 aliphatic heterocycles. The number of benzene rings is 1. The molecule has 1 aromatic rings. The number of carbonyl (C=O) groups excluding carboxylic acids is 2. The molecule has 0 aromatic heterocycles. The quantitative estimate of drug-likeness (QED) is 0.709. The molecule has 0 spiro atoms. The summed E-state index contributed by atoms with van der Waals surface area (Å²) in [7, 11) is 3.16. The van der Waals surface area contributed by atoms with E-state index in [9.17, 15) is 9.59 Å². The number of ether oxygens (including phenoxy) is 2. The first kappa shape index (κ1) is 17.8. The molecule has 0 unspecified atom stereocenters. The second-order valence-electron chi connectivity index (χ2n) is 5.19. The van der Waals surface area contributed by atoms with Gasteiger partial charge in [-0.3, -0.25) is 9.59 Å². The van der Waals surface area contributed by atoms with E-state index < -0.39 is 0 Å². The Kier molecular flexibility index (Phi) is 7.22. The highest BCUT2D eigenvalue weighted by molar-refractivity contribution is 5.96. The van der Waals surface area contributed by atoms with Crippen LogP contribution < -0.4 is 20.1 Å². The van der Waals surface area contributed by atoms with Crippen LogP contribution in [0.4, 0.5) is 0 Å². The van der Waals surface area contributed by atoms with Gasteiger partial charge in [0.2, 0.25) is 11.8 Å². The standard InChI is InChI=1S/C16H24N2O4/c1-11(2)18-16(20)10-15(19)17-8-7-12-5-6-13(21-3)14(9-12)22-4/h5-6,9,11H,7-8,10H2,1-4H3,(H,17,19)(H,18,20). The Morgan fingerprint density at radius 3 is 2.36 bits per heavy atom. The topological polar surface area (TPSA) is 76.7 Å². The van der Waals surface area contributed by atoms with Gasteiger partial charge in [-0.15, -0.1) is 0 Å². The summed E-state index contributed by atoms with van der Waals surface area (Å²) < 4.78 is 10.4. The summed E-state index contributed by atoms with van der Waals surface area (Å²) in [4.78, 5) is 23.1. The minimum absolute atomic E-state index is 0.0343. The Morgan fingerprint density at radius 2 is 1.77 bits per heavy atom. The van der Waals surface area contributed by atoms with Gasteiger partial charge in [-0.1, -0.05) is 6.07 Å². The Bertz CT molecular complexity index is 515. The van der Waals surface area contributed by atoms with Crippen LogP contribution in [0.15, 0.2) is 18.2 Å². The summed E-state index contributed by atoms with van der Waals surface area (Å²) in [5.74, 6) is 0.778. The van der Waals surface area contributed by atoms with Crippen molar-refractivity contribution in [1.29, 1.82) is 0 Å². The summed E-state index contributed by atoms with van der Waals surface area (Å²) in [5, 5.41) is 5.41. The highest BCUT2D eigenvalue weighted by Gasteiger charge is 2.10. The number of rotatable bonds is 8. The summed E-state index contributed by atoms with van der Waals surface area (Å²) in [6, 6.07) is 5.65. The number of hydrogen-bond acceptors (Lipinski definition) is 4. The van der Waals surface area contributed by atoms with E-state index in [1.165, 1.54) is 0 Å². The lowest BCUT2D eigenvalue weighted by molar-refractivity contribution is -0.129. The van der Waals surface area contributed by atoms with Crippen LogP contribution in [0.25, 0.3) is 0 Å². The van der Waals surface area contributed by atoms with Gasteiger partial charge in [0, 0.05) is 12.6 Å². The fourth-order valence-corrected chi connectivity index (χ4v) is 1.96. The van der Waals surface area contributed by atoms with Gasteiger partial charge < -0.3 is 20.1 Å². The summed E-state index contributed by atoms with van der Waals surface area (Å²) in [5.41, 5.74) is 1.02. The molecular formula is C16H24N2O4. The van der Waals surface area contributed by atoms with Crippen LogP contribution in [0.3, 0.4) is 0 Å². The van der Waals surface area contributed by atoms with Crippen molar-refractivity contribution in [2.45, 2.75) is 32.7 Å². The third-order valence-corrected chi connectivity index (χ3v) is 2.95. The molecule has 0 saturated carbocycles. The monoisotopic (exact) mass is 308 g/mol. The number of amides is 2. The maximum Gasteiger partial charge on any atom is 0.229 e. The molecule has 2 amide bonds. The lowest BCUT2D eigenvalue weighted by Gasteiger charge is -2.10. The van der Waals surface area contributed by atoms with Crippen LogP contribution in [0.1, 0.15) is 25.8 Å². The molecule has 0 radical (unpaired) electrons. The number of methoxy groups -OCH3 is 2. The molecule has 0 aliphatic carbocycles. The number of hydrogen-bond donors (Lipinski definition) is 2. The molecule has 0 bridgehead atoms. The first-order valence-corrected chi connectivity index (χ1v) is 7.23. The summed E-state index contributed by atoms with van der Waals surface area (Å²) in [6.45, 7) is 4.17. The van der Waals surface area contributed by atoms with Crippen molar-refractivity contribution in [3.8, 4) is 11.5 Å². The van der Waals surface area contributed by atoms with Crippen LogP contribution in [0.5, 0.6) is 11.5 Å². The third kappa shape index (κ3) is 6.03. The van der Waals surface area contributed by atoms with E-state index in [4.69, 9.17) is 9.47 Å². The van der Waals surface area contributed by atoms with Crippen LogP contribution in [0, 0.1) is 0 Å². The van der Waals surface area contributed by atoms with E-state index in [0.717, 1.165) is 5.56 Å². The molecule has 0 saturated heterocycles. The lowest BCUT2D eigenvalue weighted by Crippen LogP contribution is -2.35. The minimum Gasteiger partial charge on any atom is -0.493 e. The van der Waals surface area contributed by atoms with Gasteiger partial charge >= 0.3 is 0 Å². The van der Waals surface area contributed by atoms with Gasteiger partial charge in [-0.25, -0.2) is 0 Å². The summed E-state index contributed by atoms with van der Waals surface area (Å²) >= 11 is 0. The zero-order valence-corrected chi connectivity index (χ0v) is 13.6. The zero-order chi connectivity index (χ0) is 16.5. The molecular weight excluding hydrogens is 284 g/mol. The fourth-order valence-electron chi connectivity index (χ4n) is 1.96.